The summed E-state index contributed by atoms with van der Waals surface area (Å²) in [5, 5.41) is 11.3. The monoisotopic (exact) mass is 275 g/mol. The van der Waals surface area contributed by atoms with Gasteiger partial charge in [0.2, 0.25) is 0 Å². The number of carboxylic acid groups (broad SMARTS) is 1. The van der Waals surface area contributed by atoms with Crippen LogP contribution in [0.5, 0.6) is 0 Å². The van der Waals surface area contributed by atoms with E-state index < -0.39 is 23.2 Å². The molecule has 0 aliphatic heterocycles. The molecule has 0 amide bonds. The van der Waals surface area contributed by atoms with Gasteiger partial charge in [-0.25, -0.2) is 13.6 Å². The molecule has 1 aromatic carbocycles. The van der Waals surface area contributed by atoms with Crippen molar-refractivity contribution in [3.8, 4) is 0 Å². The topological polar surface area (TPSA) is 67.8 Å². The number of carbonyl (C=O) groups is 1. The van der Waals surface area contributed by atoms with Gasteiger partial charge in [0.05, 0.1) is 24.0 Å². The molecule has 0 aliphatic rings. The number of ether oxygens (including phenoxy) is 2. The summed E-state index contributed by atoms with van der Waals surface area (Å²) in [4.78, 5) is 10.6. The lowest BCUT2D eigenvalue weighted by Crippen LogP contribution is -2.27. The number of nitrogens with one attached hydrogen (secondary N) is 1. The number of benzene rings is 1. The van der Waals surface area contributed by atoms with Gasteiger partial charge in [0, 0.05) is 20.8 Å². The van der Waals surface area contributed by atoms with E-state index in [4.69, 9.17) is 14.6 Å². The predicted molar refractivity (Wildman–Crippen MR) is 64.5 cm³/mol. The Hall–Kier alpha value is -1.73. The highest BCUT2D eigenvalue weighted by Crippen LogP contribution is 2.20. The first-order valence-electron chi connectivity index (χ1n) is 5.48. The average Bonchev–Trinajstić information content (AvgIpc) is 2.38. The summed E-state index contributed by atoms with van der Waals surface area (Å²) < 4.78 is 36.9. The standard InChI is InChI=1S/C12H15F2NO4/c1-18-6-7(19-2)5-15-9-4-3-8(12(16)17)10(13)11(9)14/h3-4,7,15H,5-6H2,1-2H3,(H,16,17). The summed E-state index contributed by atoms with van der Waals surface area (Å²) in [5.41, 5.74) is -0.830. The van der Waals surface area contributed by atoms with Gasteiger partial charge in [-0.2, -0.15) is 0 Å². The molecule has 1 unspecified atom stereocenters. The van der Waals surface area contributed by atoms with E-state index in [1.165, 1.54) is 20.3 Å². The van der Waals surface area contributed by atoms with E-state index in [1.807, 2.05) is 0 Å². The van der Waals surface area contributed by atoms with Crippen molar-refractivity contribution in [1.29, 1.82) is 0 Å². The Labute approximate surface area is 109 Å². The Morgan fingerprint density at radius 2 is 2.05 bits per heavy atom. The van der Waals surface area contributed by atoms with Crippen molar-refractivity contribution in [3.63, 3.8) is 0 Å². The molecule has 0 aliphatic carbocycles. The number of anilines is 1. The summed E-state index contributed by atoms with van der Waals surface area (Å²) in [7, 11) is 2.96. The molecule has 106 valence electrons. The van der Waals surface area contributed by atoms with Crippen LogP contribution in [0.15, 0.2) is 12.1 Å². The fourth-order valence-electron chi connectivity index (χ4n) is 1.47. The molecule has 7 heteroatoms. The molecule has 19 heavy (non-hydrogen) atoms. The van der Waals surface area contributed by atoms with Crippen molar-refractivity contribution in [2.24, 2.45) is 0 Å². The molecule has 1 rings (SSSR count). The van der Waals surface area contributed by atoms with Crippen molar-refractivity contribution in [3.05, 3.63) is 29.3 Å². The van der Waals surface area contributed by atoms with Crippen molar-refractivity contribution >= 4 is 11.7 Å². The molecule has 2 N–H and O–H groups in total. The van der Waals surface area contributed by atoms with E-state index >= 15 is 0 Å². The molecule has 0 spiro atoms. The Morgan fingerprint density at radius 1 is 1.37 bits per heavy atom. The summed E-state index contributed by atoms with van der Waals surface area (Å²) in [6, 6.07) is 2.17. The van der Waals surface area contributed by atoms with E-state index in [-0.39, 0.29) is 18.3 Å². The summed E-state index contributed by atoms with van der Waals surface area (Å²) in [5.74, 6) is -4.14. The van der Waals surface area contributed by atoms with Crippen LogP contribution in [0.1, 0.15) is 10.4 Å². The number of aromatic carboxylic acids is 1. The Bertz CT molecular complexity index is 454. The third-order valence-corrected chi connectivity index (χ3v) is 2.52. The number of rotatable bonds is 7. The summed E-state index contributed by atoms with van der Waals surface area (Å²) in [6.45, 7) is 0.494. The molecular formula is C12H15F2NO4. The van der Waals surface area contributed by atoms with Gasteiger partial charge in [0.15, 0.2) is 11.6 Å². The summed E-state index contributed by atoms with van der Waals surface area (Å²) in [6.07, 6.45) is -0.327. The van der Waals surface area contributed by atoms with Crippen LogP contribution in [-0.4, -0.2) is 44.6 Å². The van der Waals surface area contributed by atoms with Crippen molar-refractivity contribution < 1.29 is 28.2 Å². The minimum Gasteiger partial charge on any atom is -0.478 e. The van der Waals surface area contributed by atoms with Crippen LogP contribution in [0.25, 0.3) is 0 Å². The van der Waals surface area contributed by atoms with Gasteiger partial charge in [-0.1, -0.05) is 0 Å². The number of hydrogen-bond donors (Lipinski definition) is 2. The van der Waals surface area contributed by atoms with Crippen molar-refractivity contribution in [2.45, 2.75) is 6.10 Å². The molecule has 0 heterocycles. The highest BCUT2D eigenvalue weighted by molar-refractivity contribution is 5.88. The van der Waals surface area contributed by atoms with Gasteiger partial charge in [-0.3, -0.25) is 0 Å². The lowest BCUT2D eigenvalue weighted by molar-refractivity contribution is 0.0365. The second-order valence-electron chi connectivity index (χ2n) is 3.79. The average molecular weight is 275 g/mol. The van der Waals surface area contributed by atoms with Crippen molar-refractivity contribution in [2.75, 3.05) is 32.7 Å². The maximum Gasteiger partial charge on any atom is 0.338 e. The smallest absolute Gasteiger partial charge is 0.338 e. The van der Waals surface area contributed by atoms with Crippen molar-refractivity contribution in [1.82, 2.24) is 0 Å². The first kappa shape index (κ1) is 15.3. The van der Waals surface area contributed by atoms with E-state index in [0.717, 1.165) is 6.07 Å². The predicted octanol–water partition coefficient (Wildman–Crippen LogP) is 1.74. The van der Waals surface area contributed by atoms with Gasteiger partial charge >= 0.3 is 5.97 Å². The molecular weight excluding hydrogens is 260 g/mol. The van der Waals surface area contributed by atoms with Gasteiger partial charge in [-0.15, -0.1) is 0 Å². The highest BCUT2D eigenvalue weighted by Gasteiger charge is 2.18. The fourth-order valence-corrected chi connectivity index (χ4v) is 1.47. The van der Waals surface area contributed by atoms with Crippen LogP contribution in [0.2, 0.25) is 0 Å². The van der Waals surface area contributed by atoms with E-state index in [2.05, 4.69) is 5.32 Å². The molecule has 1 aromatic rings. The third kappa shape index (κ3) is 3.87. The third-order valence-electron chi connectivity index (χ3n) is 2.52. The maximum atomic E-state index is 13.6. The number of halogens is 2. The first-order chi connectivity index (χ1) is 9.01. The van der Waals surface area contributed by atoms with Gasteiger partial charge in [0.1, 0.15) is 0 Å². The molecule has 0 bridgehead atoms. The van der Waals surface area contributed by atoms with E-state index in [9.17, 15) is 13.6 Å². The number of carboxylic acids is 1. The van der Waals surface area contributed by atoms with Crippen LogP contribution in [-0.2, 0) is 9.47 Å². The molecule has 5 nitrogen and oxygen atoms in total. The van der Waals surface area contributed by atoms with Gasteiger partial charge in [0.25, 0.3) is 0 Å². The Kier molecular flexibility index (Phi) is 5.65. The maximum absolute atomic E-state index is 13.6. The normalized spacial score (nSPS) is 12.2. The lowest BCUT2D eigenvalue weighted by Gasteiger charge is -2.16. The fraction of sp³-hybridized carbons (Fsp3) is 0.417. The van der Waals surface area contributed by atoms with Gasteiger partial charge < -0.3 is 19.9 Å². The second-order valence-corrected chi connectivity index (χ2v) is 3.79. The van der Waals surface area contributed by atoms with E-state index in [0.29, 0.717) is 6.61 Å². The van der Waals surface area contributed by atoms with E-state index in [1.54, 1.807) is 0 Å². The molecule has 0 saturated carbocycles. The van der Waals surface area contributed by atoms with Crippen LogP contribution in [0.3, 0.4) is 0 Å². The minimum absolute atomic E-state index is 0.124. The molecule has 0 radical (unpaired) electrons. The molecule has 0 aromatic heterocycles. The lowest BCUT2D eigenvalue weighted by atomic mass is 10.1. The zero-order valence-electron chi connectivity index (χ0n) is 10.6. The van der Waals surface area contributed by atoms with Gasteiger partial charge in [-0.05, 0) is 12.1 Å². The highest BCUT2D eigenvalue weighted by atomic mass is 19.2. The van der Waals surface area contributed by atoms with Crippen LogP contribution < -0.4 is 5.32 Å². The molecule has 0 saturated heterocycles. The first-order valence-corrected chi connectivity index (χ1v) is 5.48. The molecule has 0 fully saturated rings. The Balaban J connectivity index is 2.80. The zero-order valence-corrected chi connectivity index (χ0v) is 10.6. The number of hydrogen-bond acceptors (Lipinski definition) is 4. The Morgan fingerprint density at radius 3 is 2.58 bits per heavy atom. The molecule has 1 atom stereocenters. The minimum atomic E-state index is -1.52. The SMILES string of the molecule is COCC(CNc1ccc(C(=O)O)c(F)c1F)OC. The second kappa shape index (κ2) is 7.01. The quantitative estimate of drug-likeness (QED) is 0.793. The summed E-state index contributed by atoms with van der Waals surface area (Å²) >= 11 is 0. The van der Waals surface area contributed by atoms with Crippen LogP contribution in [0, 0.1) is 11.6 Å². The number of methoxy groups -OCH3 is 2. The zero-order chi connectivity index (χ0) is 14.4. The van der Waals surface area contributed by atoms with Crippen LogP contribution >= 0.6 is 0 Å². The largest absolute Gasteiger partial charge is 0.478 e. The van der Waals surface area contributed by atoms with Crippen LogP contribution in [0.4, 0.5) is 14.5 Å².